The van der Waals surface area contributed by atoms with E-state index in [2.05, 4.69) is 15.3 Å². The van der Waals surface area contributed by atoms with E-state index in [1.165, 1.54) is 29.8 Å². The number of fused-ring (bicyclic) bond motifs is 1. The van der Waals surface area contributed by atoms with Gasteiger partial charge >= 0.3 is 12.1 Å². The number of carbonyl (C=O) groups is 2. The SMILES string of the molecule is CC(=O)Nc1cc(-c2nc(C(F)(F)F)cs2)c(-c2ccc3c(c2)c(=O)c(C(=O)O)cn3[C@H](C)CO)cn1. The number of aliphatic hydroxyl groups excluding tert-OH is 1. The molecule has 1 amide bonds. The van der Waals surface area contributed by atoms with Crippen molar-refractivity contribution < 1.29 is 33.0 Å². The number of aromatic nitrogens is 3. The van der Waals surface area contributed by atoms with Crippen molar-refractivity contribution in [2.75, 3.05) is 11.9 Å². The molecule has 4 rings (SSSR count). The zero-order valence-electron chi connectivity index (χ0n) is 19.3. The van der Waals surface area contributed by atoms with Crippen LogP contribution in [-0.4, -0.2) is 43.2 Å². The third-order valence-electron chi connectivity index (χ3n) is 5.55. The number of nitrogens with one attached hydrogen (secondary N) is 1. The summed E-state index contributed by atoms with van der Waals surface area (Å²) in [6.45, 7) is 2.58. The maximum atomic E-state index is 13.2. The number of hydrogen-bond acceptors (Lipinski definition) is 7. The number of benzene rings is 1. The van der Waals surface area contributed by atoms with Crippen molar-refractivity contribution in [3.05, 3.63) is 63.5 Å². The number of thiazole rings is 1. The highest BCUT2D eigenvalue weighted by Gasteiger charge is 2.34. The summed E-state index contributed by atoms with van der Waals surface area (Å²) in [4.78, 5) is 44.1. The standard InChI is InChI=1S/C24H19F3N4O5S/c1-11(9-32)31-8-17(23(35)36)21(34)15-5-13(3-4-18(15)31)16-7-28-20(29-12(2)33)6-14(16)22-30-19(10-37-22)24(25,26)27/h3-8,10-11,32H,9H2,1-2H3,(H,35,36)(H,28,29,33)/t11-/m1/s1. The van der Waals surface area contributed by atoms with E-state index >= 15 is 0 Å². The molecule has 3 N–H and O–H groups in total. The Morgan fingerprint density at radius 2 is 1.95 bits per heavy atom. The van der Waals surface area contributed by atoms with Gasteiger partial charge in [0.25, 0.3) is 0 Å². The maximum Gasteiger partial charge on any atom is 0.434 e. The minimum Gasteiger partial charge on any atom is -0.477 e. The van der Waals surface area contributed by atoms with Crippen molar-refractivity contribution in [2.45, 2.75) is 26.1 Å². The quantitative estimate of drug-likeness (QED) is 0.335. The number of hydrogen-bond donors (Lipinski definition) is 3. The van der Waals surface area contributed by atoms with Crippen molar-refractivity contribution in [3.63, 3.8) is 0 Å². The largest absolute Gasteiger partial charge is 0.477 e. The lowest BCUT2D eigenvalue weighted by Crippen LogP contribution is -2.21. The van der Waals surface area contributed by atoms with Crippen LogP contribution in [0.25, 0.3) is 32.6 Å². The molecule has 1 atom stereocenters. The molecule has 3 heterocycles. The number of anilines is 1. The highest BCUT2D eigenvalue weighted by molar-refractivity contribution is 7.13. The van der Waals surface area contributed by atoms with Gasteiger partial charge in [0.15, 0.2) is 5.69 Å². The summed E-state index contributed by atoms with van der Waals surface area (Å²) in [7, 11) is 0. The van der Waals surface area contributed by atoms with Crippen LogP contribution in [0.4, 0.5) is 19.0 Å². The zero-order chi connectivity index (χ0) is 27.1. The van der Waals surface area contributed by atoms with E-state index in [4.69, 9.17) is 0 Å². The van der Waals surface area contributed by atoms with Gasteiger partial charge in [-0.15, -0.1) is 11.3 Å². The third-order valence-corrected chi connectivity index (χ3v) is 6.42. The first kappa shape index (κ1) is 26.0. The molecule has 1 aromatic carbocycles. The van der Waals surface area contributed by atoms with Crippen LogP contribution in [0.15, 0.2) is 46.8 Å². The second kappa shape index (κ2) is 9.75. The summed E-state index contributed by atoms with van der Waals surface area (Å²) < 4.78 is 41.1. The van der Waals surface area contributed by atoms with Crippen LogP contribution in [0.5, 0.6) is 0 Å². The minimum absolute atomic E-state index is 0.00187. The normalized spacial score (nSPS) is 12.5. The van der Waals surface area contributed by atoms with E-state index in [1.807, 2.05) is 0 Å². The number of aliphatic hydroxyl groups is 1. The van der Waals surface area contributed by atoms with Gasteiger partial charge in [0.1, 0.15) is 16.4 Å². The first-order chi connectivity index (χ1) is 17.4. The van der Waals surface area contributed by atoms with Crippen LogP contribution in [0.3, 0.4) is 0 Å². The molecule has 0 aliphatic carbocycles. The highest BCUT2D eigenvalue weighted by atomic mass is 32.1. The number of nitrogens with zero attached hydrogens (tertiary/aromatic N) is 3. The van der Waals surface area contributed by atoms with Crippen molar-refractivity contribution >= 4 is 39.9 Å². The summed E-state index contributed by atoms with van der Waals surface area (Å²) in [6, 6.07) is 5.40. The van der Waals surface area contributed by atoms with E-state index in [0.717, 1.165) is 22.9 Å². The monoisotopic (exact) mass is 532 g/mol. The molecule has 0 bridgehead atoms. The molecule has 9 nitrogen and oxygen atoms in total. The van der Waals surface area contributed by atoms with Crippen LogP contribution in [0.2, 0.25) is 0 Å². The molecule has 37 heavy (non-hydrogen) atoms. The first-order valence-corrected chi connectivity index (χ1v) is 11.6. The lowest BCUT2D eigenvalue weighted by atomic mass is 9.99. The summed E-state index contributed by atoms with van der Waals surface area (Å²) in [5.41, 5.74) is -1.10. The van der Waals surface area contributed by atoms with Gasteiger partial charge < -0.3 is 20.1 Å². The summed E-state index contributed by atoms with van der Waals surface area (Å²) in [5, 5.41) is 22.5. The van der Waals surface area contributed by atoms with Gasteiger partial charge in [0, 0.05) is 41.2 Å². The number of carboxylic acid groups (broad SMARTS) is 1. The molecular formula is C24H19F3N4O5S. The molecule has 4 aromatic rings. The number of rotatable bonds is 6. The minimum atomic E-state index is -4.66. The fourth-order valence-electron chi connectivity index (χ4n) is 3.77. The lowest BCUT2D eigenvalue weighted by Gasteiger charge is -2.18. The molecule has 0 unspecified atom stereocenters. The molecule has 0 saturated carbocycles. The van der Waals surface area contributed by atoms with Crippen molar-refractivity contribution in [1.82, 2.24) is 14.5 Å². The Kier molecular flexibility index (Phi) is 6.84. The Hall–Kier alpha value is -4.10. The first-order valence-electron chi connectivity index (χ1n) is 10.7. The molecular weight excluding hydrogens is 513 g/mol. The van der Waals surface area contributed by atoms with E-state index in [-0.39, 0.29) is 28.4 Å². The second-order valence-electron chi connectivity index (χ2n) is 8.18. The lowest BCUT2D eigenvalue weighted by molar-refractivity contribution is -0.140. The third kappa shape index (κ3) is 5.08. The number of halogens is 3. The van der Waals surface area contributed by atoms with E-state index in [1.54, 1.807) is 19.1 Å². The van der Waals surface area contributed by atoms with Gasteiger partial charge in [-0.3, -0.25) is 9.59 Å². The van der Waals surface area contributed by atoms with Crippen LogP contribution in [-0.2, 0) is 11.0 Å². The Bertz CT molecular complexity index is 1600. The Morgan fingerprint density at radius 3 is 2.54 bits per heavy atom. The summed E-state index contributed by atoms with van der Waals surface area (Å²) >= 11 is 0.745. The Labute approximate surface area is 210 Å². The smallest absolute Gasteiger partial charge is 0.434 e. The number of carboxylic acids is 1. The maximum absolute atomic E-state index is 13.2. The van der Waals surface area contributed by atoms with Gasteiger partial charge in [0.05, 0.1) is 18.2 Å². The van der Waals surface area contributed by atoms with Crippen LogP contribution in [0.1, 0.15) is 35.9 Å². The molecule has 0 fully saturated rings. The van der Waals surface area contributed by atoms with Crippen LogP contribution >= 0.6 is 11.3 Å². The highest BCUT2D eigenvalue weighted by Crippen LogP contribution is 2.39. The molecule has 0 saturated heterocycles. The average Bonchev–Trinajstić information content (AvgIpc) is 3.34. The molecule has 0 radical (unpaired) electrons. The van der Waals surface area contributed by atoms with Crippen LogP contribution in [0, 0.1) is 0 Å². The van der Waals surface area contributed by atoms with Gasteiger partial charge in [-0.05, 0) is 30.7 Å². The van der Waals surface area contributed by atoms with Crippen molar-refractivity contribution in [2.24, 2.45) is 0 Å². The molecule has 3 aromatic heterocycles. The molecule has 192 valence electrons. The molecule has 13 heteroatoms. The second-order valence-corrected chi connectivity index (χ2v) is 9.04. The predicted octanol–water partition coefficient (Wildman–Crippen LogP) is 4.42. The van der Waals surface area contributed by atoms with E-state index in [0.29, 0.717) is 16.6 Å². The molecule has 0 spiro atoms. The summed E-state index contributed by atoms with van der Waals surface area (Å²) in [5.74, 6) is -1.80. The number of pyridine rings is 2. The number of aromatic carboxylic acids is 1. The topological polar surface area (TPSA) is 134 Å². The summed E-state index contributed by atoms with van der Waals surface area (Å²) in [6.07, 6.45) is -2.17. The molecule has 0 aliphatic rings. The van der Waals surface area contributed by atoms with Crippen molar-refractivity contribution in [1.29, 1.82) is 0 Å². The van der Waals surface area contributed by atoms with Gasteiger partial charge in [-0.1, -0.05) is 6.07 Å². The number of amides is 1. The fourth-order valence-corrected chi connectivity index (χ4v) is 4.62. The Morgan fingerprint density at radius 1 is 1.22 bits per heavy atom. The predicted molar refractivity (Wildman–Crippen MR) is 131 cm³/mol. The molecule has 0 aliphatic heterocycles. The number of carbonyl (C=O) groups excluding carboxylic acids is 1. The van der Waals surface area contributed by atoms with Gasteiger partial charge in [-0.25, -0.2) is 14.8 Å². The van der Waals surface area contributed by atoms with Crippen LogP contribution < -0.4 is 10.7 Å². The Balaban J connectivity index is 1.98. The zero-order valence-corrected chi connectivity index (χ0v) is 20.1. The van der Waals surface area contributed by atoms with E-state index < -0.39 is 40.8 Å². The average molecular weight is 533 g/mol. The van der Waals surface area contributed by atoms with E-state index in [9.17, 15) is 37.8 Å². The number of alkyl halides is 3. The van der Waals surface area contributed by atoms with Gasteiger partial charge in [-0.2, -0.15) is 13.2 Å². The fraction of sp³-hybridized carbons (Fsp3) is 0.208. The van der Waals surface area contributed by atoms with Gasteiger partial charge in [0.2, 0.25) is 11.3 Å². The van der Waals surface area contributed by atoms with Crippen molar-refractivity contribution in [3.8, 4) is 21.7 Å².